The third kappa shape index (κ3) is 2.20. The molecule has 1 unspecified atom stereocenters. The van der Waals surface area contributed by atoms with Crippen LogP contribution in [-0.2, 0) is 4.74 Å². The van der Waals surface area contributed by atoms with Gasteiger partial charge >= 0.3 is 0 Å². The Morgan fingerprint density at radius 3 is 3.29 bits per heavy atom. The van der Waals surface area contributed by atoms with E-state index >= 15 is 0 Å². The van der Waals surface area contributed by atoms with Gasteiger partial charge in [-0.15, -0.1) is 0 Å². The summed E-state index contributed by atoms with van der Waals surface area (Å²) < 4.78 is 18.3. The Bertz CT molecular complexity index is 300. The second-order valence-corrected chi connectivity index (χ2v) is 3.47. The van der Waals surface area contributed by atoms with Gasteiger partial charge in [0, 0.05) is 25.3 Å². The van der Waals surface area contributed by atoms with Crippen LogP contribution in [0, 0.1) is 11.7 Å². The van der Waals surface area contributed by atoms with Crippen molar-refractivity contribution in [2.75, 3.05) is 25.1 Å². The molecule has 1 fully saturated rings. The van der Waals surface area contributed by atoms with Gasteiger partial charge in [0.2, 0.25) is 0 Å². The van der Waals surface area contributed by atoms with E-state index in [4.69, 9.17) is 4.74 Å². The second kappa shape index (κ2) is 4.37. The Kier molecular flexibility index (Phi) is 2.93. The average molecular weight is 196 g/mol. The standard InChI is InChI=1S/C10H13FN2O/c11-9-6-12-3-1-10(9)13-5-8-2-4-14-7-8/h1,3,6,8H,2,4-5,7H2,(H,12,13). The fourth-order valence-electron chi connectivity index (χ4n) is 1.52. The van der Waals surface area contributed by atoms with Gasteiger partial charge in [-0.1, -0.05) is 0 Å². The minimum absolute atomic E-state index is 0.300. The van der Waals surface area contributed by atoms with Gasteiger partial charge in [0.1, 0.15) is 0 Å². The lowest BCUT2D eigenvalue weighted by Gasteiger charge is -2.10. The molecule has 1 N–H and O–H groups in total. The molecule has 76 valence electrons. The van der Waals surface area contributed by atoms with Crippen LogP contribution in [0.5, 0.6) is 0 Å². The van der Waals surface area contributed by atoms with Crippen molar-refractivity contribution in [3.8, 4) is 0 Å². The highest BCUT2D eigenvalue weighted by molar-refractivity contribution is 5.42. The average Bonchev–Trinajstić information content (AvgIpc) is 2.69. The summed E-state index contributed by atoms with van der Waals surface area (Å²) in [7, 11) is 0. The first-order chi connectivity index (χ1) is 6.86. The maximum atomic E-state index is 13.1. The Morgan fingerprint density at radius 1 is 1.64 bits per heavy atom. The van der Waals surface area contributed by atoms with Crippen LogP contribution in [0.4, 0.5) is 10.1 Å². The van der Waals surface area contributed by atoms with Gasteiger partial charge in [-0.25, -0.2) is 4.39 Å². The molecule has 1 saturated heterocycles. The quantitative estimate of drug-likeness (QED) is 0.798. The molecule has 0 aliphatic carbocycles. The van der Waals surface area contributed by atoms with Crippen LogP contribution in [0.15, 0.2) is 18.5 Å². The topological polar surface area (TPSA) is 34.2 Å². The number of nitrogens with one attached hydrogen (secondary N) is 1. The van der Waals surface area contributed by atoms with Crippen molar-refractivity contribution in [1.29, 1.82) is 0 Å². The minimum Gasteiger partial charge on any atom is -0.382 e. The highest BCUT2D eigenvalue weighted by Crippen LogP contribution is 2.15. The number of halogens is 1. The molecule has 3 nitrogen and oxygen atoms in total. The van der Waals surface area contributed by atoms with E-state index < -0.39 is 0 Å². The van der Waals surface area contributed by atoms with Crippen molar-refractivity contribution in [1.82, 2.24) is 4.98 Å². The molecule has 1 aliphatic rings. The Morgan fingerprint density at radius 2 is 2.57 bits per heavy atom. The molecule has 0 bridgehead atoms. The van der Waals surface area contributed by atoms with E-state index in [1.807, 2.05) is 0 Å². The number of nitrogens with zero attached hydrogens (tertiary/aromatic N) is 1. The van der Waals surface area contributed by atoms with E-state index in [1.165, 1.54) is 6.20 Å². The summed E-state index contributed by atoms with van der Waals surface area (Å²) in [5, 5.41) is 3.06. The van der Waals surface area contributed by atoms with Crippen LogP contribution >= 0.6 is 0 Å². The number of hydrogen-bond donors (Lipinski definition) is 1. The van der Waals surface area contributed by atoms with Crippen molar-refractivity contribution >= 4 is 5.69 Å². The molecule has 14 heavy (non-hydrogen) atoms. The van der Waals surface area contributed by atoms with Gasteiger partial charge < -0.3 is 10.1 Å². The predicted octanol–water partition coefficient (Wildman–Crippen LogP) is 1.67. The molecule has 2 rings (SSSR count). The zero-order valence-electron chi connectivity index (χ0n) is 7.87. The van der Waals surface area contributed by atoms with E-state index in [-0.39, 0.29) is 5.82 Å². The van der Waals surface area contributed by atoms with Crippen LogP contribution in [0.2, 0.25) is 0 Å². The van der Waals surface area contributed by atoms with Crippen molar-refractivity contribution in [2.45, 2.75) is 6.42 Å². The number of ether oxygens (including phenoxy) is 1. The van der Waals surface area contributed by atoms with Crippen LogP contribution in [0.1, 0.15) is 6.42 Å². The molecular weight excluding hydrogens is 183 g/mol. The van der Waals surface area contributed by atoms with Crippen LogP contribution < -0.4 is 5.32 Å². The summed E-state index contributed by atoms with van der Waals surface area (Å²) in [5.41, 5.74) is 0.520. The molecule has 0 saturated carbocycles. The molecule has 1 aliphatic heterocycles. The van der Waals surface area contributed by atoms with Gasteiger partial charge in [0.15, 0.2) is 5.82 Å². The Balaban J connectivity index is 1.88. The molecule has 0 spiro atoms. The third-order valence-corrected chi connectivity index (χ3v) is 2.38. The summed E-state index contributed by atoms with van der Waals surface area (Å²) in [6.45, 7) is 2.37. The lowest BCUT2D eigenvalue weighted by molar-refractivity contribution is 0.187. The van der Waals surface area contributed by atoms with Crippen molar-refractivity contribution in [3.63, 3.8) is 0 Å². The van der Waals surface area contributed by atoms with E-state index in [0.29, 0.717) is 11.6 Å². The SMILES string of the molecule is Fc1cnccc1NCC1CCOC1. The van der Waals surface area contributed by atoms with Gasteiger partial charge in [-0.3, -0.25) is 4.98 Å². The summed E-state index contributed by atoms with van der Waals surface area (Å²) in [6.07, 6.45) is 3.85. The molecule has 1 atom stereocenters. The van der Waals surface area contributed by atoms with Crippen LogP contribution in [0.3, 0.4) is 0 Å². The molecule has 1 aromatic heterocycles. The highest BCUT2D eigenvalue weighted by Gasteiger charge is 2.15. The summed E-state index contributed by atoms with van der Waals surface area (Å²) in [6, 6.07) is 1.64. The number of aromatic nitrogens is 1. The number of rotatable bonds is 3. The molecule has 1 aromatic rings. The third-order valence-electron chi connectivity index (χ3n) is 2.38. The molecule has 4 heteroatoms. The summed E-state index contributed by atoms with van der Waals surface area (Å²) in [4.78, 5) is 3.68. The minimum atomic E-state index is -0.300. The van der Waals surface area contributed by atoms with E-state index in [0.717, 1.165) is 26.2 Å². The summed E-state index contributed by atoms with van der Waals surface area (Å²) >= 11 is 0. The van der Waals surface area contributed by atoms with E-state index in [2.05, 4.69) is 10.3 Å². The first-order valence-electron chi connectivity index (χ1n) is 4.77. The predicted molar refractivity (Wildman–Crippen MR) is 51.6 cm³/mol. The van der Waals surface area contributed by atoms with Gasteiger partial charge in [0.25, 0.3) is 0 Å². The van der Waals surface area contributed by atoms with E-state index in [9.17, 15) is 4.39 Å². The van der Waals surface area contributed by atoms with Crippen molar-refractivity contribution < 1.29 is 9.13 Å². The second-order valence-electron chi connectivity index (χ2n) is 3.47. The smallest absolute Gasteiger partial charge is 0.164 e. The first kappa shape index (κ1) is 9.40. The fraction of sp³-hybridized carbons (Fsp3) is 0.500. The number of hydrogen-bond acceptors (Lipinski definition) is 3. The largest absolute Gasteiger partial charge is 0.382 e. The van der Waals surface area contributed by atoms with Gasteiger partial charge in [-0.05, 0) is 12.5 Å². The molecule has 0 amide bonds. The Labute approximate surface area is 82.3 Å². The van der Waals surface area contributed by atoms with Crippen LogP contribution in [-0.4, -0.2) is 24.7 Å². The lowest BCUT2D eigenvalue weighted by Crippen LogP contribution is -2.14. The van der Waals surface area contributed by atoms with Crippen LogP contribution in [0.25, 0.3) is 0 Å². The summed E-state index contributed by atoms with van der Waals surface area (Å²) in [5.74, 6) is 0.203. The number of pyridine rings is 1. The van der Waals surface area contributed by atoms with Gasteiger partial charge in [-0.2, -0.15) is 0 Å². The zero-order chi connectivity index (χ0) is 9.80. The monoisotopic (exact) mass is 196 g/mol. The molecule has 0 aromatic carbocycles. The number of anilines is 1. The molecular formula is C10H13FN2O. The lowest BCUT2D eigenvalue weighted by atomic mass is 10.1. The molecule has 0 radical (unpaired) electrons. The first-order valence-corrected chi connectivity index (χ1v) is 4.77. The van der Waals surface area contributed by atoms with Crippen molar-refractivity contribution in [3.05, 3.63) is 24.3 Å². The maximum absolute atomic E-state index is 13.1. The Hall–Kier alpha value is -1.16. The highest BCUT2D eigenvalue weighted by atomic mass is 19.1. The zero-order valence-corrected chi connectivity index (χ0v) is 7.87. The fourth-order valence-corrected chi connectivity index (χ4v) is 1.52. The van der Waals surface area contributed by atoms with Crippen molar-refractivity contribution in [2.24, 2.45) is 5.92 Å². The maximum Gasteiger partial charge on any atom is 0.164 e. The normalized spacial score (nSPS) is 21.1. The molecule has 2 heterocycles. The van der Waals surface area contributed by atoms with Gasteiger partial charge in [0.05, 0.1) is 18.5 Å². The van der Waals surface area contributed by atoms with E-state index in [1.54, 1.807) is 12.3 Å².